The molecule has 1 aliphatic carbocycles. The number of nitrogens with one attached hydrogen (secondary N) is 3. The van der Waals surface area contributed by atoms with E-state index < -0.39 is 0 Å². The molecule has 4 rings (SSSR count). The van der Waals surface area contributed by atoms with Gasteiger partial charge in [0.2, 0.25) is 17.8 Å². The highest BCUT2D eigenvalue weighted by Gasteiger charge is 2.16. The molecule has 1 saturated carbocycles. The molecule has 0 spiro atoms. The van der Waals surface area contributed by atoms with Crippen molar-refractivity contribution in [1.29, 1.82) is 0 Å². The van der Waals surface area contributed by atoms with E-state index in [1.807, 2.05) is 32.3 Å². The van der Waals surface area contributed by atoms with E-state index in [1.54, 1.807) is 7.11 Å². The van der Waals surface area contributed by atoms with Crippen LogP contribution in [0.25, 0.3) is 0 Å². The van der Waals surface area contributed by atoms with Crippen LogP contribution >= 0.6 is 0 Å². The van der Waals surface area contributed by atoms with Gasteiger partial charge in [0, 0.05) is 38.9 Å². The van der Waals surface area contributed by atoms with Crippen molar-refractivity contribution in [3.8, 4) is 5.75 Å². The summed E-state index contributed by atoms with van der Waals surface area (Å²) in [6.07, 6.45) is 6.11. The Morgan fingerprint density at radius 3 is 2.12 bits per heavy atom. The van der Waals surface area contributed by atoms with E-state index in [0.717, 1.165) is 24.2 Å². The number of ether oxygens (including phenoxy) is 1. The molecule has 1 heterocycles. The monoisotopic (exact) mass is 461 g/mol. The summed E-state index contributed by atoms with van der Waals surface area (Å²) in [5.41, 5.74) is 3.43. The van der Waals surface area contributed by atoms with Crippen molar-refractivity contribution in [2.24, 2.45) is 0 Å². The van der Waals surface area contributed by atoms with Crippen LogP contribution in [-0.4, -0.2) is 42.2 Å². The fraction of sp³-hybridized carbons (Fsp3) is 0.423. The van der Waals surface area contributed by atoms with Gasteiger partial charge in [-0.1, -0.05) is 43.5 Å². The molecule has 0 aliphatic heterocycles. The zero-order valence-corrected chi connectivity index (χ0v) is 20.3. The first kappa shape index (κ1) is 23.6. The fourth-order valence-electron chi connectivity index (χ4n) is 4.08. The number of hydrogen-bond donors (Lipinski definition) is 3. The van der Waals surface area contributed by atoms with Crippen molar-refractivity contribution in [2.45, 2.75) is 51.2 Å². The van der Waals surface area contributed by atoms with E-state index in [1.165, 1.54) is 30.5 Å². The summed E-state index contributed by atoms with van der Waals surface area (Å²) in [4.78, 5) is 16.0. The average Bonchev–Trinajstić information content (AvgIpc) is 2.87. The second-order valence-corrected chi connectivity index (χ2v) is 8.91. The van der Waals surface area contributed by atoms with Gasteiger partial charge in [-0.05, 0) is 48.2 Å². The van der Waals surface area contributed by atoms with Gasteiger partial charge in [-0.15, -0.1) is 0 Å². The maximum absolute atomic E-state index is 5.33. The number of methoxy groups -OCH3 is 1. The predicted octanol–water partition coefficient (Wildman–Crippen LogP) is 4.92. The number of benzene rings is 2. The molecule has 3 aromatic rings. The van der Waals surface area contributed by atoms with Gasteiger partial charge in [0.1, 0.15) is 5.75 Å². The molecule has 0 atom stereocenters. The molecule has 0 saturated heterocycles. The third kappa shape index (κ3) is 6.73. The normalized spacial score (nSPS) is 13.9. The van der Waals surface area contributed by atoms with Crippen LogP contribution in [0.1, 0.15) is 43.2 Å². The first-order chi connectivity index (χ1) is 16.6. The van der Waals surface area contributed by atoms with Crippen molar-refractivity contribution in [2.75, 3.05) is 42.1 Å². The van der Waals surface area contributed by atoms with Crippen LogP contribution in [0, 0.1) is 0 Å². The molecule has 3 N–H and O–H groups in total. The van der Waals surface area contributed by atoms with Crippen molar-refractivity contribution in [1.82, 2.24) is 15.0 Å². The second kappa shape index (κ2) is 11.5. The van der Waals surface area contributed by atoms with Gasteiger partial charge in [0.15, 0.2) is 0 Å². The minimum Gasteiger partial charge on any atom is -0.497 e. The molecular weight excluding hydrogens is 426 g/mol. The summed E-state index contributed by atoms with van der Waals surface area (Å²) >= 11 is 0. The standard InChI is InChI=1S/C26H35N7O/c1-33(2)22-14-12-19(13-15-22)17-27-24-30-25(28-18-20-8-7-11-23(16-20)34-3)32-26(31-24)29-21-9-5-4-6-10-21/h7-8,11-16,21H,4-6,9-10,17-18H2,1-3H3,(H3,27,28,29,30,31,32). The van der Waals surface area contributed by atoms with Crippen molar-refractivity contribution in [3.63, 3.8) is 0 Å². The maximum atomic E-state index is 5.33. The number of rotatable bonds is 10. The fourth-order valence-corrected chi connectivity index (χ4v) is 4.08. The number of nitrogens with zero attached hydrogens (tertiary/aromatic N) is 4. The summed E-state index contributed by atoms with van der Waals surface area (Å²) < 4.78 is 5.33. The van der Waals surface area contributed by atoms with Crippen molar-refractivity contribution < 1.29 is 4.74 Å². The Bertz CT molecular complexity index is 1050. The van der Waals surface area contributed by atoms with Gasteiger partial charge < -0.3 is 25.6 Å². The van der Waals surface area contributed by atoms with Crippen LogP contribution in [-0.2, 0) is 13.1 Å². The molecule has 0 unspecified atom stereocenters. The maximum Gasteiger partial charge on any atom is 0.229 e. The highest BCUT2D eigenvalue weighted by Crippen LogP contribution is 2.22. The molecule has 0 amide bonds. The lowest BCUT2D eigenvalue weighted by molar-refractivity contribution is 0.414. The Kier molecular flexibility index (Phi) is 8.01. The molecule has 0 radical (unpaired) electrons. The highest BCUT2D eigenvalue weighted by atomic mass is 16.5. The smallest absolute Gasteiger partial charge is 0.229 e. The quantitative estimate of drug-likeness (QED) is 0.392. The third-order valence-corrected chi connectivity index (χ3v) is 6.06. The van der Waals surface area contributed by atoms with E-state index in [0.29, 0.717) is 37.0 Å². The van der Waals surface area contributed by atoms with E-state index in [9.17, 15) is 0 Å². The molecule has 34 heavy (non-hydrogen) atoms. The Labute approximate surface area is 202 Å². The highest BCUT2D eigenvalue weighted by molar-refractivity contribution is 5.47. The van der Waals surface area contributed by atoms with E-state index in [-0.39, 0.29) is 0 Å². The number of anilines is 4. The molecule has 1 aromatic heterocycles. The molecule has 1 fully saturated rings. The average molecular weight is 462 g/mol. The Balaban J connectivity index is 1.47. The van der Waals surface area contributed by atoms with Gasteiger partial charge in [0.05, 0.1) is 7.11 Å². The topological polar surface area (TPSA) is 87.2 Å². The van der Waals surface area contributed by atoms with Crippen LogP contribution in [0.4, 0.5) is 23.5 Å². The lowest BCUT2D eigenvalue weighted by Gasteiger charge is -2.23. The molecule has 0 bridgehead atoms. The molecule has 8 nitrogen and oxygen atoms in total. The third-order valence-electron chi connectivity index (χ3n) is 6.06. The summed E-state index contributed by atoms with van der Waals surface area (Å²) in [5, 5.41) is 10.2. The number of aromatic nitrogens is 3. The Morgan fingerprint density at radius 1 is 0.824 bits per heavy atom. The van der Waals surface area contributed by atoms with Crippen LogP contribution in [0.5, 0.6) is 5.75 Å². The number of hydrogen-bond acceptors (Lipinski definition) is 8. The SMILES string of the molecule is COc1cccc(CNc2nc(NCc3ccc(N(C)C)cc3)nc(NC3CCCCC3)n2)c1. The minimum atomic E-state index is 0.411. The summed E-state index contributed by atoms with van der Waals surface area (Å²) in [6, 6.07) is 16.8. The summed E-state index contributed by atoms with van der Waals surface area (Å²) in [6.45, 7) is 1.23. The molecule has 2 aromatic carbocycles. The first-order valence-corrected chi connectivity index (χ1v) is 12.0. The molecular formula is C26H35N7O. The van der Waals surface area contributed by atoms with Gasteiger partial charge in [-0.25, -0.2) is 0 Å². The van der Waals surface area contributed by atoms with E-state index in [4.69, 9.17) is 4.74 Å². The van der Waals surface area contributed by atoms with E-state index in [2.05, 4.69) is 66.1 Å². The van der Waals surface area contributed by atoms with Crippen LogP contribution in [0.3, 0.4) is 0 Å². The largest absolute Gasteiger partial charge is 0.497 e. The lowest BCUT2D eigenvalue weighted by Crippen LogP contribution is -2.24. The molecule has 1 aliphatic rings. The van der Waals surface area contributed by atoms with Crippen molar-refractivity contribution >= 4 is 23.5 Å². The van der Waals surface area contributed by atoms with Gasteiger partial charge in [0.25, 0.3) is 0 Å². The van der Waals surface area contributed by atoms with Gasteiger partial charge in [-0.3, -0.25) is 0 Å². The summed E-state index contributed by atoms with van der Waals surface area (Å²) in [5.74, 6) is 2.54. The van der Waals surface area contributed by atoms with Crippen LogP contribution < -0.4 is 25.6 Å². The molecule has 180 valence electrons. The van der Waals surface area contributed by atoms with Gasteiger partial charge in [-0.2, -0.15) is 15.0 Å². The molecule has 8 heteroatoms. The Hall–Kier alpha value is -3.55. The Morgan fingerprint density at radius 2 is 1.47 bits per heavy atom. The minimum absolute atomic E-state index is 0.411. The zero-order valence-electron chi connectivity index (χ0n) is 20.3. The van der Waals surface area contributed by atoms with Gasteiger partial charge >= 0.3 is 0 Å². The van der Waals surface area contributed by atoms with E-state index >= 15 is 0 Å². The predicted molar refractivity (Wildman–Crippen MR) is 139 cm³/mol. The first-order valence-electron chi connectivity index (χ1n) is 12.0. The van der Waals surface area contributed by atoms with Crippen LogP contribution in [0.15, 0.2) is 48.5 Å². The lowest BCUT2D eigenvalue weighted by atomic mass is 9.96. The van der Waals surface area contributed by atoms with Crippen LogP contribution in [0.2, 0.25) is 0 Å². The summed E-state index contributed by atoms with van der Waals surface area (Å²) in [7, 11) is 5.76. The second-order valence-electron chi connectivity index (χ2n) is 8.91. The van der Waals surface area contributed by atoms with Crippen molar-refractivity contribution in [3.05, 3.63) is 59.7 Å². The zero-order chi connectivity index (χ0) is 23.8.